The third kappa shape index (κ3) is 44.0. The highest BCUT2D eigenvalue weighted by Gasteiger charge is 2.49. The Hall–Kier alpha value is -5.34. The van der Waals surface area contributed by atoms with E-state index in [0.29, 0.717) is 38.2 Å². The molecule has 3 rings (SSSR count). The third-order valence-electron chi connectivity index (χ3n) is 21.4. The van der Waals surface area contributed by atoms with Crippen molar-refractivity contribution in [2.45, 2.75) is 378 Å². The molecule has 616 valence electrons. The summed E-state index contributed by atoms with van der Waals surface area (Å²) in [6.07, 6.45) is 19.4. The normalized spacial score (nSPS) is 17.4. The van der Waals surface area contributed by atoms with Gasteiger partial charge in [-0.2, -0.15) is 0 Å². The van der Waals surface area contributed by atoms with Crippen LogP contribution in [0.5, 0.6) is 0 Å². The molecule has 0 radical (unpaired) electrons. The fourth-order valence-corrected chi connectivity index (χ4v) is 9.77. The zero-order valence-electron chi connectivity index (χ0n) is 72.5. The van der Waals surface area contributed by atoms with Gasteiger partial charge in [0.1, 0.15) is 28.0 Å². The second kappa shape index (κ2) is 48.2. The zero-order chi connectivity index (χ0) is 82.5. The molecule has 105 heavy (non-hydrogen) atoms. The van der Waals surface area contributed by atoms with Gasteiger partial charge < -0.3 is 52.1 Å². The average Bonchev–Trinajstić information content (AvgIpc) is 1.64. The summed E-state index contributed by atoms with van der Waals surface area (Å²) >= 11 is 0. The molecule has 0 N–H and O–H groups in total. The minimum Gasteiger partial charge on any atom is -0.459 e. The highest BCUT2D eigenvalue weighted by molar-refractivity contribution is 5.81. The smallest absolute Gasteiger partial charge is 0.344 e. The minimum absolute atomic E-state index is 0.0298. The first-order valence-corrected chi connectivity index (χ1v) is 39.4. The van der Waals surface area contributed by atoms with Crippen molar-refractivity contribution in [3.8, 4) is 0 Å². The summed E-state index contributed by atoms with van der Waals surface area (Å²) < 4.78 is 57.1. The predicted octanol–water partition coefficient (Wildman–Crippen LogP) is 19.0. The first-order valence-electron chi connectivity index (χ1n) is 39.4. The van der Waals surface area contributed by atoms with Gasteiger partial charge in [-0.1, -0.05) is 142 Å². The summed E-state index contributed by atoms with van der Waals surface area (Å²) in [4.78, 5) is 116. The lowest BCUT2D eigenvalue weighted by atomic mass is 9.77. The van der Waals surface area contributed by atoms with Crippen LogP contribution in [-0.2, 0) is 100 Å². The van der Waals surface area contributed by atoms with E-state index in [1.54, 1.807) is 69.2 Å². The van der Waals surface area contributed by atoms with E-state index in [0.717, 1.165) is 43.4 Å². The van der Waals surface area contributed by atoms with E-state index in [1.807, 2.05) is 145 Å². The molecule has 3 fully saturated rings. The van der Waals surface area contributed by atoms with Crippen molar-refractivity contribution in [2.24, 2.45) is 69.0 Å². The Bertz CT molecular complexity index is 2590. The molecular formula is C84H154O21. The van der Waals surface area contributed by atoms with E-state index < -0.39 is 63.4 Å². The number of hydrogen-bond donors (Lipinski definition) is 0. The van der Waals surface area contributed by atoms with Crippen LogP contribution >= 0.6 is 0 Å². The molecule has 0 heterocycles. The maximum Gasteiger partial charge on any atom is 0.344 e. The third-order valence-corrected chi connectivity index (χ3v) is 21.4. The van der Waals surface area contributed by atoms with Gasteiger partial charge in [0.05, 0.1) is 40.6 Å². The fraction of sp³-hybridized carbons (Fsp3) is 0.881. The lowest BCUT2D eigenvalue weighted by Crippen LogP contribution is -2.42. The highest BCUT2D eigenvalue weighted by Crippen LogP contribution is 2.53. The van der Waals surface area contributed by atoms with Crippen molar-refractivity contribution in [3.05, 3.63) is 0 Å². The minimum atomic E-state index is -0.604. The molecular weight excluding hydrogens is 1340 g/mol. The number of carbonyl (C=O) groups excluding carboxylic acids is 10. The van der Waals surface area contributed by atoms with Crippen LogP contribution in [0, 0.1) is 69.0 Å². The van der Waals surface area contributed by atoms with Gasteiger partial charge in [0.15, 0.2) is 32.7 Å². The van der Waals surface area contributed by atoms with Crippen LogP contribution in [0.1, 0.15) is 344 Å². The van der Waals surface area contributed by atoms with Crippen LogP contribution in [0.3, 0.4) is 0 Å². The molecule has 3 saturated carbocycles. The molecule has 3 aliphatic carbocycles. The number of hydrogen-bond acceptors (Lipinski definition) is 21. The van der Waals surface area contributed by atoms with Crippen molar-refractivity contribution in [1.82, 2.24) is 0 Å². The van der Waals surface area contributed by atoms with Gasteiger partial charge in [0.25, 0.3) is 0 Å². The van der Waals surface area contributed by atoms with E-state index in [1.165, 1.54) is 64.2 Å². The molecule has 0 spiro atoms. The van der Waals surface area contributed by atoms with Gasteiger partial charge >= 0.3 is 59.7 Å². The van der Waals surface area contributed by atoms with Gasteiger partial charge in [-0.3, -0.25) is 28.8 Å². The van der Waals surface area contributed by atoms with Crippen molar-refractivity contribution in [3.63, 3.8) is 0 Å². The summed E-state index contributed by atoms with van der Waals surface area (Å²) in [7, 11) is 0. The lowest BCUT2D eigenvalue weighted by Gasteiger charge is -2.38. The monoisotopic (exact) mass is 1500 g/mol. The molecule has 7 atom stereocenters. The SMILES string of the molecule is CCC(C)(C)C(=O)OC(C)(C)C1CC2CCC1C2.CCC(C)(C)C(=O)OCC(=O)OC(C)(C)C.CCC(C)(C)C(=O)OCC(=O)OC(C)(C)C(C)C.CCC(C)C(=O)OC(C)OCCCC1CCCCC1.CCC(C)C(=O)OCC(=O)OC(C)(C)C(C)(C)C.CCC(C)C(=O)OCC(=O)OC(C)(C)CC. The standard InChI is InChI=1S/C16H30O3.C16H28O2.2C14H26O4.2C12H22O4/c1-4-13(2)16(17)19-14(3)18-12-8-11-15-9-6-5-7-10-15;1-6-15(2,3)14(17)18-16(4,5)13-10-11-7-8-12(13)9-11;1-8-10(2)12(16)17-9-11(15)18-14(6,7)13(3,4)5;1-8-13(4,5)12(16)17-9-11(15)18-14(6,7)10(2)3;1-7-12(5,6)10(14)15-8-9(13)16-11(2,3)4;1-6-9(3)11(14)15-8-10(13)16-12(4,5)7-2/h13-15H,4-12H2,1-3H3;11-13H,6-10H2,1-5H3;2*10H,8-9H2,1-7H3;7-8H2,1-6H3;9H,6-8H2,1-5H3. The zero-order valence-corrected chi connectivity index (χ0v) is 72.5. The van der Waals surface area contributed by atoms with Gasteiger partial charge in [-0.25, -0.2) is 19.2 Å². The van der Waals surface area contributed by atoms with Gasteiger partial charge in [0.2, 0.25) is 0 Å². The van der Waals surface area contributed by atoms with Crippen molar-refractivity contribution < 1.29 is 100 Å². The number of esters is 10. The van der Waals surface area contributed by atoms with E-state index in [4.69, 9.17) is 52.1 Å². The van der Waals surface area contributed by atoms with Crippen molar-refractivity contribution >= 4 is 59.7 Å². The lowest BCUT2D eigenvalue weighted by molar-refractivity contribution is -0.179. The first kappa shape index (κ1) is 104. The van der Waals surface area contributed by atoms with E-state index in [2.05, 4.69) is 13.8 Å². The summed E-state index contributed by atoms with van der Waals surface area (Å²) in [6, 6.07) is 0. The molecule has 3 aliphatic rings. The summed E-state index contributed by atoms with van der Waals surface area (Å²) in [5, 5.41) is 0. The Balaban J connectivity index is -0.00000119. The Morgan fingerprint density at radius 3 is 1.18 bits per heavy atom. The van der Waals surface area contributed by atoms with Crippen LogP contribution in [-0.4, -0.2) is 127 Å². The average molecular weight is 1500 g/mol. The molecule has 0 aromatic carbocycles. The maximum atomic E-state index is 12.3. The Morgan fingerprint density at radius 1 is 0.410 bits per heavy atom. The molecule has 0 aliphatic heterocycles. The van der Waals surface area contributed by atoms with Crippen molar-refractivity contribution in [2.75, 3.05) is 33.0 Å². The first-order chi connectivity index (χ1) is 47.8. The Kier molecular flexibility index (Phi) is 47.7. The molecule has 7 unspecified atom stereocenters. The van der Waals surface area contributed by atoms with Crippen LogP contribution < -0.4 is 0 Å². The van der Waals surface area contributed by atoms with Gasteiger partial charge in [-0.05, 0) is 225 Å². The topological polar surface area (TPSA) is 272 Å². The fourth-order valence-electron chi connectivity index (χ4n) is 9.77. The number of carbonyl (C=O) groups is 10. The maximum absolute atomic E-state index is 12.3. The van der Waals surface area contributed by atoms with Gasteiger partial charge in [-0.15, -0.1) is 0 Å². The molecule has 0 aromatic rings. The van der Waals surface area contributed by atoms with Crippen LogP contribution in [0.2, 0.25) is 0 Å². The van der Waals surface area contributed by atoms with E-state index in [9.17, 15) is 47.9 Å². The number of ether oxygens (including phenoxy) is 11. The second-order valence-corrected chi connectivity index (χ2v) is 35.4. The predicted molar refractivity (Wildman–Crippen MR) is 412 cm³/mol. The molecule has 2 bridgehead atoms. The molecule has 0 saturated heterocycles. The van der Waals surface area contributed by atoms with Crippen LogP contribution in [0.25, 0.3) is 0 Å². The van der Waals surface area contributed by atoms with Crippen LogP contribution in [0.4, 0.5) is 0 Å². The van der Waals surface area contributed by atoms with Crippen molar-refractivity contribution in [1.29, 1.82) is 0 Å². The summed E-state index contributed by atoms with van der Waals surface area (Å²) in [5.41, 5.74) is -4.14. The second-order valence-electron chi connectivity index (χ2n) is 35.4. The Labute approximate surface area is 637 Å². The molecule has 0 aromatic heterocycles. The molecule has 21 nitrogen and oxygen atoms in total. The number of rotatable bonds is 33. The quantitative estimate of drug-likeness (QED) is 0.0255. The van der Waals surface area contributed by atoms with E-state index >= 15 is 0 Å². The molecule has 0 amide bonds. The highest BCUT2D eigenvalue weighted by atomic mass is 16.7. The van der Waals surface area contributed by atoms with Gasteiger partial charge in [0, 0.05) is 11.3 Å². The number of fused-ring (bicyclic) bond motifs is 2. The summed E-state index contributed by atoms with van der Waals surface area (Å²) in [6.45, 7) is 61.8. The Morgan fingerprint density at radius 2 is 0.810 bits per heavy atom. The van der Waals surface area contributed by atoms with E-state index in [-0.39, 0.29) is 102 Å². The summed E-state index contributed by atoms with van der Waals surface area (Å²) in [5.74, 6) is -0.695. The van der Waals surface area contributed by atoms with Crippen LogP contribution in [0.15, 0.2) is 0 Å². The largest absolute Gasteiger partial charge is 0.459 e. The molecule has 21 heteroatoms.